The van der Waals surface area contributed by atoms with Gasteiger partial charge >= 0.3 is 0 Å². The Morgan fingerprint density at radius 3 is 2.33 bits per heavy atom. The van der Waals surface area contributed by atoms with Crippen LogP contribution >= 0.6 is 11.8 Å². The number of hydrogen-bond donors (Lipinski definition) is 0. The fraction of sp³-hybridized carbons (Fsp3) is 0.857. The van der Waals surface area contributed by atoms with E-state index >= 15 is 0 Å². The number of Topliss-reactive ketones (excluding diaryl/α,β-unsaturated/α-hetero) is 1. The first-order chi connectivity index (χ1) is 4.25. The molecule has 0 bridgehead atoms. The lowest BCUT2D eigenvalue weighted by Crippen LogP contribution is -2.20. The molecule has 2 heteroatoms. The van der Waals surface area contributed by atoms with Gasteiger partial charge in [-0.2, -0.15) is 0 Å². The zero-order valence-corrected chi connectivity index (χ0v) is 6.75. The van der Waals surface area contributed by atoms with Gasteiger partial charge in [0.05, 0.1) is 4.75 Å². The molecule has 1 saturated heterocycles. The smallest absolute Gasteiger partial charge is 0.149 e. The summed E-state index contributed by atoms with van der Waals surface area (Å²) in [7, 11) is 0. The van der Waals surface area contributed by atoms with Crippen molar-refractivity contribution in [1.82, 2.24) is 0 Å². The van der Waals surface area contributed by atoms with Gasteiger partial charge in [0.2, 0.25) is 0 Å². The van der Waals surface area contributed by atoms with Crippen LogP contribution in [-0.2, 0) is 4.79 Å². The molecule has 1 heterocycles. The third-order valence-corrected chi connectivity index (χ3v) is 3.40. The zero-order chi connectivity index (χ0) is 6.91. The number of hydrogen-bond acceptors (Lipinski definition) is 2. The first-order valence-corrected chi connectivity index (χ1v) is 4.41. The van der Waals surface area contributed by atoms with Crippen molar-refractivity contribution < 1.29 is 4.79 Å². The standard InChI is InChI=1S/C7H12OS/c1-3-6(8)7(4-2)5-9-7/h3-5H2,1-2H3. The maximum atomic E-state index is 11.1. The molecule has 1 fully saturated rings. The quantitative estimate of drug-likeness (QED) is 0.562. The number of rotatable bonds is 3. The van der Waals surface area contributed by atoms with Crippen LogP contribution in [0.1, 0.15) is 26.7 Å². The minimum atomic E-state index is 0.0781. The largest absolute Gasteiger partial charge is 0.298 e. The summed E-state index contributed by atoms with van der Waals surface area (Å²) in [6.07, 6.45) is 1.73. The van der Waals surface area contributed by atoms with Gasteiger partial charge in [0.25, 0.3) is 0 Å². The molecule has 1 nitrogen and oxygen atoms in total. The van der Waals surface area contributed by atoms with E-state index in [1.807, 2.05) is 6.92 Å². The van der Waals surface area contributed by atoms with E-state index < -0.39 is 0 Å². The Hall–Kier alpha value is 0.0200. The maximum Gasteiger partial charge on any atom is 0.149 e. The third-order valence-electron chi connectivity index (χ3n) is 1.89. The number of thioether (sulfide) groups is 1. The van der Waals surface area contributed by atoms with Crippen LogP contribution in [0.15, 0.2) is 0 Å². The van der Waals surface area contributed by atoms with Gasteiger partial charge in [-0.25, -0.2) is 0 Å². The molecule has 1 aliphatic heterocycles. The van der Waals surface area contributed by atoms with Crippen molar-refractivity contribution in [3.63, 3.8) is 0 Å². The molecule has 0 amide bonds. The summed E-state index contributed by atoms with van der Waals surface area (Å²) in [6, 6.07) is 0. The summed E-state index contributed by atoms with van der Waals surface area (Å²) >= 11 is 1.80. The van der Waals surface area contributed by atoms with Gasteiger partial charge in [-0.3, -0.25) is 4.79 Å². The Labute approximate surface area is 60.2 Å². The van der Waals surface area contributed by atoms with Crippen LogP contribution in [-0.4, -0.2) is 16.3 Å². The van der Waals surface area contributed by atoms with E-state index in [2.05, 4.69) is 6.92 Å². The van der Waals surface area contributed by atoms with E-state index in [1.165, 1.54) is 0 Å². The summed E-state index contributed by atoms with van der Waals surface area (Å²) in [5.41, 5.74) is 0. The normalized spacial score (nSPS) is 32.2. The Morgan fingerprint density at radius 1 is 1.67 bits per heavy atom. The van der Waals surface area contributed by atoms with Crippen LogP contribution in [0, 0.1) is 0 Å². The predicted molar refractivity (Wildman–Crippen MR) is 40.8 cm³/mol. The first-order valence-electron chi connectivity index (χ1n) is 3.42. The monoisotopic (exact) mass is 144 g/mol. The molecule has 52 valence electrons. The van der Waals surface area contributed by atoms with Gasteiger partial charge < -0.3 is 0 Å². The molecule has 0 saturated carbocycles. The van der Waals surface area contributed by atoms with E-state index in [-0.39, 0.29) is 4.75 Å². The topological polar surface area (TPSA) is 17.1 Å². The molecule has 1 rings (SSSR count). The number of carbonyl (C=O) groups is 1. The van der Waals surface area contributed by atoms with E-state index in [4.69, 9.17) is 0 Å². The number of carbonyl (C=O) groups excluding carboxylic acids is 1. The summed E-state index contributed by atoms with van der Waals surface area (Å²) in [4.78, 5) is 11.1. The van der Waals surface area contributed by atoms with Gasteiger partial charge in [0, 0.05) is 12.2 Å². The molecule has 1 aliphatic rings. The minimum Gasteiger partial charge on any atom is -0.298 e. The molecule has 9 heavy (non-hydrogen) atoms. The molecule has 0 aromatic carbocycles. The highest BCUT2D eigenvalue weighted by molar-refractivity contribution is 8.08. The lowest BCUT2D eigenvalue weighted by molar-refractivity contribution is -0.119. The van der Waals surface area contributed by atoms with Crippen molar-refractivity contribution in [3.8, 4) is 0 Å². The van der Waals surface area contributed by atoms with Crippen LogP contribution in [0.25, 0.3) is 0 Å². The Kier molecular flexibility index (Phi) is 1.85. The van der Waals surface area contributed by atoms with E-state index in [0.29, 0.717) is 12.2 Å². The Morgan fingerprint density at radius 2 is 2.22 bits per heavy atom. The second kappa shape index (κ2) is 2.33. The minimum absolute atomic E-state index is 0.0781. The van der Waals surface area contributed by atoms with E-state index in [1.54, 1.807) is 11.8 Å². The highest BCUT2D eigenvalue weighted by atomic mass is 32.2. The number of ketones is 1. The van der Waals surface area contributed by atoms with Crippen molar-refractivity contribution in [2.75, 3.05) is 5.75 Å². The van der Waals surface area contributed by atoms with Gasteiger partial charge in [-0.1, -0.05) is 13.8 Å². The fourth-order valence-electron chi connectivity index (χ4n) is 0.972. The average molecular weight is 144 g/mol. The van der Waals surface area contributed by atoms with Crippen LogP contribution in [0.4, 0.5) is 0 Å². The average Bonchev–Trinajstić information content (AvgIpc) is 2.66. The predicted octanol–water partition coefficient (Wildman–Crippen LogP) is 1.86. The molecule has 0 spiro atoms. The van der Waals surface area contributed by atoms with Crippen molar-refractivity contribution in [1.29, 1.82) is 0 Å². The second-order valence-electron chi connectivity index (χ2n) is 2.41. The maximum absolute atomic E-state index is 11.1. The molecule has 1 atom stereocenters. The summed E-state index contributed by atoms with van der Waals surface area (Å²) in [5, 5.41) is 0. The SMILES string of the molecule is CCC(=O)C1(CC)CS1. The molecule has 0 aliphatic carbocycles. The van der Waals surface area contributed by atoms with E-state index in [9.17, 15) is 4.79 Å². The van der Waals surface area contributed by atoms with Crippen molar-refractivity contribution in [2.45, 2.75) is 31.4 Å². The summed E-state index contributed by atoms with van der Waals surface area (Å²) < 4.78 is 0.0781. The molecule has 0 aromatic rings. The van der Waals surface area contributed by atoms with Crippen LogP contribution in [0.2, 0.25) is 0 Å². The van der Waals surface area contributed by atoms with Gasteiger partial charge in [-0.15, -0.1) is 11.8 Å². The molecular formula is C7H12OS. The molecular weight excluding hydrogens is 132 g/mol. The lowest BCUT2D eigenvalue weighted by atomic mass is 10.0. The van der Waals surface area contributed by atoms with Crippen LogP contribution in [0.3, 0.4) is 0 Å². The van der Waals surface area contributed by atoms with Crippen molar-refractivity contribution in [3.05, 3.63) is 0 Å². The second-order valence-corrected chi connectivity index (χ2v) is 3.77. The van der Waals surface area contributed by atoms with Gasteiger partial charge in [0.1, 0.15) is 5.78 Å². The molecule has 0 N–H and O–H groups in total. The Bertz CT molecular complexity index is 127. The summed E-state index contributed by atoms with van der Waals surface area (Å²) in [6.45, 7) is 4.03. The van der Waals surface area contributed by atoms with Gasteiger partial charge in [0.15, 0.2) is 0 Å². The highest BCUT2D eigenvalue weighted by Gasteiger charge is 2.47. The fourth-order valence-corrected chi connectivity index (χ4v) is 2.02. The Balaban J connectivity index is 2.49. The molecule has 0 aromatic heterocycles. The molecule has 0 radical (unpaired) electrons. The highest BCUT2D eigenvalue weighted by Crippen LogP contribution is 2.48. The van der Waals surface area contributed by atoms with Crippen molar-refractivity contribution >= 4 is 17.5 Å². The van der Waals surface area contributed by atoms with Crippen molar-refractivity contribution in [2.24, 2.45) is 0 Å². The van der Waals surface area contributed by atoms with Gasteiger partial charge in [-0.05, 0) is 6.42 Å². The molecule has 1 unspecified atom stereocenters. The first kappa shape index (κ1) is 7.13. The summed E-state index contributed by atoms with van der Waals surface area (Å²) in [5.74, 6) is 1.51. The van der Waals surface area contributed by atoms with Crippen LogP contribution in [0.5, 0.6) is 0 Å². The third kappa shape index (κ3) is 1.13. The lowest BCUT2D eigenvalue weighted by Gasteiger charge is -2.04. The zero-order valence-electron chi connectivity index (χ0n) is 5.94. The van der Waals surface area contributed by atoms with E-state index in [0.717, 1.165) is 12.2 Å². The van der Waals surface area contributed by atoms with Crippen LogP contribution < -0.4 is 0 Å².